The average Bonchev–Trinajstić information content (AvgIpc) is 2.26. The number of aliphatic hydroxyl groups is 1. The van der Waals surface area contributed by atoms with Gasteiger partial charge in [-0.3, -0.25) is 0 Å². The molecular weight excluding hydrogens is 214 g/mol. The highest BCUT2D eigenvalue weighted by molar-refractivity contribution is 5.75. The maximum absolute atomic E-state index is 10.6. The summed E-state index contributed by atoms with van der Waals surface area (Å²) in [6.45, 7) is 0. The second kappa shape index (κ2) is 5.13. The normalized spacial score (nSPS) is 13.8. The SMILES string of the molecule is O=C(O)NC(c1ccccc1)C(O)C(=O)O. The molecule has 0 fully saturated rings. The molecule has 1 amide bonds. The molecule has 0 saturated heterocycles. The van der Waals surface area contributed by atoms with Gasteiger partial charge >= 0.3 is 12.1 Å². The number of hydrogen-bond acceptors (Lipinski definition) is 3. The Morgan fingerprint density at radius 3 is 2.12 bits per heavy atom. The molecule has 1 rings (SSSR count). The molecule has 4 N–H and O–H groups in total. The highest BCUT2D eigenvalue weighted by Crippen LogP contribution is 2.16. The second-order valence-electron chi connectivity index (χ2n) is 3.12. The van der Waals surface area contributed by atoms with Crippen LogP contribution in [0.2, 0.25) is 0 Å². The predicted molar refractivity (Wildman–Crippen MR) is 54.0 cm³/mol. The lowest BCUT2D eigenvalue weighted by atomic mass is 10.0. The summed E-state index contributed by atoms with van der Waals surface area (Å²) in [6, 6.07) is 6.84. The Hall–Kier alpha value is -2.08. The van der Waals surface area contributed by atoms with Gasteiger partial charge in [-0.05, 0) is 5.56 Å². The molecule has 2 atom stereocenters. The van der Waals surface area contributed by atoms with E-state index in [4.69, 9.17) is 10.2 Å². The molecule has 0 aliphatic rings. The summed E-state index contributed by atoms with van der Waals surface area (Å²) >= 11 is 0. The van der Waals surface area contributed by atoms with E-state index in [1.54, 1.807) is 18.2 Å². The van der Waals surface area contributed by atoms with Crippen LogP contribution in [0.4, 0.5) is 4.79 Å². The first-order valence-corrected chi connectivity index (χ1v) is 4.47. The molecule has 0 aliphatic carbocycles. The molecule has 1 aromatic rings. The fourth-order valence-electron chi connectivity index (χ4n) is 1.28. The molecule has 6 nitrogen and oxygen atoms in total. The van der Waals surface area contributed by atoms with Gasteiger partial charge in [0.05, 0.1) is 6.04 Å². The highest BCUT2D eigenvalue weighted by Gasteiger charge is 2.28. The van der Waals surface area contributed by atoms with Crippen LogP contribution in [0, 0.1) is 0 Å². The van der Waals surface area contributed by atoms with Crippen molar-refractivity contribution < 1.29 is 24.9 Å². The van der Waals surface area contributed by atoms with Crippen molar-refractivity contribution in [2.24, 2.45) is 0 Å². The number of carboxylic acids is 1. The van der Waals surface area contributed by atoms with Gasteiger partial charge in [-0.1, -0.05) is 30.3 Å². The molecule has 0 aliphatic heterocycles. The van der Waals surface area contributed by atoms with Gasteiger partial charge in [0.2, 0.25) is 0 Å². The molecule has 16 heavy (non-hydrogen) atoms. The van der Waals surface area contributed by atoms with Gasteiger partial charge in [0, 0.05) is 0 Å². The second-order valence-corrected chi connectivity index (χ2v) is 3.12. The Balaban J connectivity index is 2.96. The van der Waals surface area contributed by atoms with Crippen LogP contribution in [-0.4, -0.2) is 33.5 Å². The Morgan fingerprint density at radius 1 is 1.12 bits per heavy atom. The third-order valence-corrected chi connectivity index (χ3v) is 2.01. The number of amides is 1. The Bertz CT molecular complexity index is 378. The number of aliphatic hydroxyl groups excluding tert-OH is 1. The van der Waals surface area contributed by atoms with E-state index in [1.807, 2.05) is 5.32 Å². The standard InChI is InChI=1S/C10H11NO5/c12-8(9(13)14)7(11-10(15)16)6-4-2-1-3-5-6/h1-5,7-8,11-12H,(H,13,14)(H,15,16). The third kappa shape index (κ3) is 2.96. The summed E-state index contributed by atoms with van der Waals surface area (Å²) in [4.78, 5) is 21.1. The van der Waals surface area contributed by atoms with Gasteiger partial charge < -0.3 is 20.6 Å². The van der Waals surface area contributed by atoms with E-state index >= 15 is 0 Å². The average molecular weight is 225 g/mol. The first kappa shape index (κ1) is 12.0. The summed E-state index contributed by atoms with van der Waals surface area (Å²) in [7, 11) is 0. The number of rotatable bonds is 4. The van der Waals surface area contributed by atoms with E-state index in [1.165, 1.54) is 12.1 Å². The van der Waals surface area contributed by atoms with Crippen molar-refractivity contribution >= 4 is 12.1 Å². The van der Waals surface area contributed by atoms with Gasteiger partial charge in [-0.2, -0.15) is 0 Å². The molecular formula is C10H11NO5. The van der Waals surface area contributed by atoms with E-state index in [9.17, 15) is 14.7 Å². The van der Waals surface area contributed by atoms with Crippen molar-refractivity contribution in [2.45, 2.75) is 12.1 Å². The van der Waals surface area contributed by atoms with E-state index in [2.05, 4.69) is 0 Å². The Kier molecular flexibility index (Phi) is 3.84. The Morgan fingerprint density at radius 2 is 1.69 bits per heavy atom. The third-order valence-electron chi connectivity index (χ3n) is 2.01. The van der Waals surface area contributed by atoms with Crippen molar-refractivity contribution in [1.82, 2.24) is 5.32 Å². The van der Waals surface area contributed by atoms with Gasteiger partial charge in [-0.25, -0.2) is 9.59 Å². The van der Waals surface area contributed by atoms with Gasteiger partial charge in [0.15, 0.2) is 6.10 Å². The summed E-state index contributed by atoms with van der Waals surface area (Å²) in [6.07, 6.45) is -3.22. The fourth-order valence-corrected chi connectivity index (χ4v) is 1.28. The largest absolute Gasteiger partial charge is 0.479 e. The van der Waals surface area contributed by atoms with Crippen LogP contribution >= 0.6 is 0 Å². The van der Waals surface area contributed by atoms with Crippen LogP contribution in [0.5, 0.6) is 0 Å². The topological polar surface area (TPSA) is 107 Å². The lowest BCUT2D eigenvalue weighted by Gasteiger charge is -2.20. The zero-order valence-corrected chi connectivity index (χ0v) is 8.20. The number of nitrogens with one attached hydrogen (secondary N) is 1. The summed E-state index contributed by atoms with van der Waals surface area (Å²) in [5.74, 6) is -1.48. The molecule has 6 heteroatoms. The minimum atomic E-state index is -1.82. The van der Waals surface area contributed by atoms with Crippen molar-refractivity contribution in [3.8, 4) is 0 Å². The quantitative estimate of drug-likeness (QED) is 0.594. The van der Waals surface area contributed by atoms with Crippen molar-refractivity contribution in [2.75, 3.05) is 0 Å². The highest BCUT2D eigenvalue weighted by atomic mass is 16.4. The monoisotopic (exact) mass is 225 g/mol. The number of carbonyl (C=O) groups is 2. The zero-order valence-electron chi connectivity index (χ0n) is 8.20. The van der Waals surface area contributed by atoms with Crippen molar-refractivity contribution in [3.05, 3.63) is 35.9 Å². The van der Waals surface area contributed by atoms with E-state index in [-0.39, 0.29) is 0 Å². The summed E-state index contributed by atoms with van der Waals surface area (Å²) in [5, 5.41) is 28.5. The van der Waals surface area contributed by atoms with Crippen LogP contribution < -0.4 is 5.32 Å². The summed E-state index contributed by atoms with van der Waals surface area (Å²) in [5.41, 5.74) is 0.389. The summed E-state index contributed by atoms with van der Waals surface area (Å²) < 4.78 is 0. The molecule has 0 spiro atoms. The van der Waals surface area contributed by atoms with Crippen LogP contribution in [0.3, 0.4) is 0 Å². The first-order chi connectivity index (χ1) is 7.52. The lowest BCUT2D eigenvalue weighted by Crippen LogP contribution is -2.39. The molecule has 1 aromatic carbocycles. The number of hydrogen-bond donors (Lipinski definition) is 4. The minimum Gasteiger partial charge on any atom is -0.479 e. The Labute approximate surface area is 91.1 Å². The molecule has 0 radical (unpaired) electrons. The van der Waals surface area contributed by atoms with Crippen LogP contribution in [0.25, 0.3) is 0 Å². The lowest BCUT2D eigenvalue weighted by molar-refractivity contribution is -0.148. The molecule has 0 bridgehead atoms. The van der Waals surface area contributed by atoms with Gasteiger partial charge in [-0.15, -0.1) is 0 Å². The van der Waals surface area contributed by atoms with Crippen LogP contribution in [0.15, 0.2) is 30.3 Å². The molecule has 0 saturated carbocycles. The first-order valence-electron chi connectivity index (χ1n) is 4.47. The smallest absolute Gasteiger partial charge is 0.405 e. The van der Waals surface area contributed by atoms with E-state index < -0.39 is 24.2 Å². The van der Waals surface area contributed by atoms with Gasteiger partial charge in [0.25, 0.3) is 0 Å². The number of benzene rings is 1. The molecule has 86 valence electrons. The number of carboxylic acid groups (broad SMARTS) is 2. The fraction of sp³-hybridized carbons (Fsp3) is 0.200. The zero-order chi connectivity index (χ0) is 12.1. The van der Waals surface area contributed by atoms with Crippen LogP contribution in [0.1, 0.15) is 11.6 Å². The van der Waals surface area contributed by atoms with E-state index in [0.717, 1.165) is 0 Å². The molecule has 0 heterocycles. The molecule has 0 aromatic heterocycles. The minimum absolute atomic E-state index is 0.389. The molecule has 2 unspecified atom stereocenters. The van der Waals surface area contributed by atoms with Crippen molar-refractivity contribution in [1.29, 1.82) is 0 Å². The van der Waals surface area contributed by atoms with Crippen molar-refractivity contribution in [3.63, 3.8) is 0 Å². The number of aliphatic carboxylic acids is 1. The predicted octanol–water partition coefficient (Wildman–Crippen LogP) is 0.441. The maximum atomic E-state index is 10.6. The maximum Gasteiger partial charge on any atom is 0.405 e. The van der Waals surface area contributed by atoms with E-state index in [0.29, 0.717) is 5.56 Å². The van der Waals surface area contributed by atoms with Gasteiger partial charge in [0.1, 0.15) is 0 Å². The van der Waals surface area contributed by atoms with Crippen LogP contribution in [-0.2, 0) is 4.79 Å².